The number of allylic oxidation sites excluding steroid dienone is 3. The van der Waals surface area contributed by atoms with Gasteiger partial charge in [0.1, 0.15) is 12.4 Å². The molecule has 27 heavy (non-hydrogen) atoms. The van der Waals surface area contributed by atoms with Crippen LogP contribution in [0.25, 0.3) is 5.57 Å². The Bertz CT molecular complexity index is 891. The molecule has 0 spiro atoms. The van der Waals surface area contributed by atoms with Crippen LogP contribution in [0.5, 0.6) is 5.75 Å². The van der Waals surface area contributed by atoms with Gasteiger partial charge in [-0.3, -0.25) is 4.79 Å². The number of ether oxygens (including phenoxy) is 2. The first-order valence-corrected chi connectivity index (χ1v) is 8.80. The van der Waals surface area contributed by atoms with Crippen molar-refractivity contribution in [2.24, 2.45) is 0 Å². The van der Waals surface area contributed by atoms with Crippen molar-refractivity contribution in [1.82, 2.24) is 0 Å². The van der Waals surface area contributed by atoms with Gasteiger partial charge >= 0.3 is 5.97 Å². The summed E-state index contributed by atoms with van der Waals surface area (Å²) in [4.78, 5) is 11.8. The summed E-state index contributed by atoms with van der Waals surface area (Å²) < 4.78 is 11.0. The van der Waals surface area contributed by atoms with Gasteiger partial charge in [-0.1, -0.05) is 43.0 Å². The molecule has 0 saturated carbocycles. The van der Waals surface area contributed by atoms with Crippen molar-refractivity contribution in [2.75, 3.05) is 6.61 Å². The number of esters is 1. The van der Waals surface area contributed by atoms with Gasteiger partial charge in [-0.05, 0) is 48.7 Å². The number of carbonyl (C=O) groups is 1. The van der Waals surface area contributed by atoms with E-state index in [-0.39, 0.29) is 12.4 Å². The summed E-state index contributed by atoms with van der Waals surface area (Å²) in [5.41, 5.74) is 4.27. The highest BCUT2D eigenvalue weighted by Gasteiger charge is 2.11. The Morgan fingerprint density at radius 3 is 2.74 bits per heavy atom. The second kappa shape index (κ2) is 9.98. The number of hydrogen-bond acceptors (Lipinski definition) is 4. The van der Waals surface area contributed by atoms with E-state index in [1.165, 1.54) is 0 Å². The number of nitrogens with zero attached hydrogens (tertiary/aromatic N) is 1. The Labute approximate surface area is 160 Å². The minimum atomic E-state index is -0.322. The van der Waals surface area contributed by atoms with Crippen molar-refractivity contribution in [3.05, 3.63) is 83.4 Å². The van der Waals surface area contributed by atoms with E-state index >= 15 is 0 Å². The fourth-order valence-corrected chi connectivity index (χ4v) is 2.68. The van der Waals surface area contributed by atoms with Gasteiger partial charge in [0, 0.05) is 5.56 Å². The van der Waals surface area contributed by atoms with Gasteiger partial charge < -0.3 is 9.47 Å². The molecular formula is C23H23NO3. The predicted octanol–water partition coefficient (Wildman–Crippen LogP) is 4.83. The molecule has 138 valence electrons. The Kier molecular flexibility index (Phi) is 7.39. The quantitative estimate of drug-likeness (QED) is 0.499. The smallest absolute Gasteiger partial charge is 0.310 e. The number of nitriles is 1. The van der Waals surface area contributed by atoms with Gasteiger partial charge in [-0.2, -0.15) is 5.26 Å². The standard InChI is InChI=1S/C23H23NO3/c1-4-19(5-2)20-9-7-8-18(12-20)16-27-22-13-17(15-24)10-11-21(22)14-23(25)26-6-3/h4-5,7-13H,1,6,14,16H2,2-3H3/b19-5+. The van der Waals surface area contributed by atoms with Crippen LogP contribution in [0.4, 0.5) is 0 Å². The fourth-order valence-electron chi connectivity index (χ4n) is 2.68. The monoisotopic (exact) mass is 361 g/mol. The minimum Gasteiger partial charge on any atom is -0.489 e. The van der Waals surface area contributed by atoms with E-state index < -0.39 is 0 Å². The zero-order chi connectivity index (χ0) is 19.6. The van der Waals surface area contributed by atoms with Crippen LogP contribution in [-0.2, 0) is 22.6 Å². The molecule has 0 aliphatic heterocycles. The lowest BCUT2D eigenvalue weighted by molar-refractivity contribution is -0.142. The molecule has 0 aliphatic carbocycles. The second-order valence-electron chi connectivity index (χ2n) is 5.85. The molecule has 0 N–H and O–H groups in total. The lowest BCUT2D eigenvalue weighted by Crippen LogP contribution is -2.09. The fraction of sp³-hybridized carbons (Fsp3) is 0.217. The maximum Gasteiger partial charge on any atom is 0.310 e. The number of hydrogen-bond donors (Lipinski definition) is 0. The second-order valence-corrected chi connectivity index (χ2v) is 5.85. The van der Waals surface area contributed by atoms with Crippen molar-refractivity contribution in [3.8, 4) is 11.8 Å². The maximum absolute atomic E-state index is 11.8. The third-order valence-corrected chi connectivity index (χ3v) is 4.02. The first kappa shape index (κ1) is 20.0. The van der Waals surface area contributed by atoms with E-state index in [1.54, 1.807) is 25.1 Å². The van der Waals surface area contributed by atoms with Gasteiger partial charge in [0.05, 0.1) is 24.7 Å². The third-order valence-electron chi connectivity index (χ3n) is 4.02. The van der Waals surface area contributed by atoms with Gasteiger partial charge in [-0.15, -0.1) is 0 Å². The maximum atomic E-state index is 11.8. The van der Waals surface area contributed by atoms with E-state index in [0.29, 0.717) is 30.1 Å². The first-order valence-electron chi connectivity index (χ1n) is 8.80. The Morgan fingerprint density at radius 2 is 2.07 bits per heavy atom. The molecule has 2 rings (SSSR count). The molecule has 0 atom stereocenters. The van der Waals surface area contributed by atoms with Crippen LogP contribution in [-0.4, -0.2) is 12.6 Å². The molecule has 0 fully saturated rings. The van der Waals surface area contributed by atoms with Crippen molar-refractivity contribution in [2.45, 2.75) is 26.9 Å². The van der Waals surface area contributed by atoms with Crippen LogP contribution >= 0.6 is 0 Å². The summed E-state index contributed by atoms with van der Waals surface area (Å²) in [5, 5.41) is 9.14. The molecule has 0 saturated heterocycles. The minimum absolute atomic E-state index is 0.105. The van der Waals surface area contributed by atoms with E-state index in [2.05, 4.69) is 12.6 Å². The number of benzene rings is 2. The lowest BCUT2D eigenvalue weighted by atomic mass is 10.0. The highest BCUT2D eigenvalue weighted by molar-refractivity contribution is 5.74. The molecule has 0 unspecified atom stereocenters. The van der Waals surface area contributed by atoms with Gasteiger partial charge in [0.2, 0.25) is 0 Å². The average molecular weight is 361 g/mol. The lowest BCUT2D eigenvalue weighted by Gasteiger charge is -2.13. The molecule has 0 amide bonds. The third kappa shape index (κ3) is 5.58. The van der Waals surface area contributed by atoms with Gasteiger partial charge in [0.25, 0.3) is 0 Å². The van der Waals surface area contributed by atoms with E-state index in [9.17, 15) is 4.79 Å². The summed E-state index contributed by atoms with van der Waals surface area (Å²) in [6.07, 6.45) is 3.92. The molecule has 0 radical (unpaired) electrons. The zero-order valence-electron chi connectivity index (χ0n) is 15.7. The summed E-state index contributed by atoms with van der Waals surface area (Å²) in [6.45, 7) is 8.22. The molecule has 0 aliphatic rings. The summed E-state index contributed by atoms with van der Waals surface area (Å²) in [6, 6.07) is 15.1. The highest BCUT2D eigenvalue weighted by Crippen LogP contribution is 2.24. The van der Waals surface area contributed by atoms with Gasteiger partial charge in [-0.25, -0.2) is 0 Å². The van der Waals surface area contributed by atoms with E-state index in [0.717, 1.165) is 16.7 Å². The van der Waals surface area contributed by atoms with Crippen LogP contribution in [0.2, 0.25) is 0 Å². The predicted molar refractivity (Wildman–Crippen MR) is 106 cm³/mol. The topological polar surface area (TPSA) is 59.3 Å². The number of rotatable bonds is 8. The largest absolute Gasteiger partial charge is 0.489 e. The SMILES string of the molecule is C=C/C(=C\C)c1cccc(COc2cc(C#N)ccc2CC(=O)OCC)c1. The molecular weight excluding hydrogens is 338 g/mol. The van der Waals surface area contributed by atoms with Crippen LogP contribution in [0.15, 0.2) is 61.2 Å². The van der Waals surface area contributed by atoms with Crippen LogP contribution < -0.4 is 4.74 Å². The molecule has 0 aromatic heterocycles. The van der Waals surface area contributed by atoms with Crippen molar-refractivity contribution in [3.63, 3.8) is 0 Å². The molecule has 0 bridgehead atoms. The average Bonchev–Trinajstić information content (AvgIpc) is 2.68. The molecule has 2 aromatic carbocycles. The molecule has 4 heteroatoms. The Hall–Kier alpha value is -3.32. The van der Waals surface area contributed by atoms with Gasteiger partial charge in [0.15, 0.2) is 0 Å². The van der Waals surface area contributed by atoms with E-state index in [4.69, 9.17) is 14.7 Å². The molecule has 2 aromatic rings. The summed E-state index contributed by atoms with van der Waals surface area (Å²) in [5.74, 6) is 0.195. The Balaban J connectivity index is 2.21. The summed E-state index contributed by atoms with van der Waals surface area (Å²) >= 11 is 0. The first-order chi connectivity index (χ1) is 13.1. The molecule has 0 heterocycles. The normalized spacial score (nSPS) is 10.8. The van der Waals surface area contributed by atoms with Crippen molar-refractivity contribution in [1.29, 1.82) is 5.26 Å². The number of carbonyl (C=O) groups excluding carboxylic acids is 1. The van der Waals surface area contributed by atoms with E-state index in [1.807, 2.05) is 43.3 Å². The van der Waals surface area contributed by atoms with Crippen molar-refractivity contribution >= 4 is 11.5 Å². The molecule has 4 nitrogen and oxygen atoms in total. The highest BCUT2D eigenvalue weighted by atomic mass is 16.5. The van der Waals surface area contributed by atoms with Crippen molar-refractivity contribution < 1.29 is 14.3 Å². The van der Waals surface area contributed by atoms with Crippen LogP contribution in [0.1, 0.15) is 36.1 Å². The Morgan fingerprint density at radius 1 is 1.26 bits per heavy atom. The zero-order valence-corrected chi connectivity index (χ0v) is 15.7. The van der Waals surface area contributed by atoms with Crippen LogP contribution in [0.3, 0.4) is 0 Å². The summed E-state index contributed by atoms with van der Waals surface area (Å²) in [7, 11) is 0. The van der Waals surface area contributed by atoms with Crippen LogP contribution in [0, 0.1) is 11.3 Å².